The predicted molar refractivity (Wildman–Crippen MR) is 79.3 cm³/mol. The fourth-order valence-electron chi connectivity index (χ4n) is 3.02. The first-order valence-electron chi connectivity index (χ1n) is 7.60. The van der Waals surface area contributed by atoms with Gasteiger partial charge in [-0.2, -0.15) is 0 Å². The highest BCUT2D eigenvalue weighted by Crippen LogP contribution is 2.28. The Morgan fingerprint density at radius 1 is 1.36 bits per heavy atom. The summed E-state index contributed by atoms with van der Waals surface area (Å²) in [5.41, 5.74) is 0.987. The Labute approximate surface area is 129 Å². The highest BCUT2D eigenvalue weighted by Gasteiger charge is 2.26. The van der Waals surface area contributed by atoms with Crippen LogP contribution in [0.4, 0.5) is 0 Å². The summed E-state index contributed by atoms with van der Waals surface area (Å²) in [6.07, 6.45) is 7.64. The monoisotopic (exact) mass is 303 g/mol. The molecule has 1 fully saturated rings. The van der Waals surface area contributed by atoms with E-state index in [1.54, 1.807) is 13.3 Å². The Morgan fingerprint density at radius 2 is 2.27 bits per heavy atom. The van der Waals surface area contributed by atoms with Crippen molar-refractivity contribution in [2.45, 2.75) is 45.2 Å². The molecule has 118 valence electrons. The molecule has 0 aromatic carbocycles. The average Bonchev–Trinajstić information content (AvgIpc) is 3.15. The third kappa shape index (κ3) is 3.59. The van der Waals surface area contributed by atoms with E-state index in [0.29, 0.717) is 23.7 Å². The van der Waals surface area contributed by atoms with Gasteiger partial charge in [-0.1, -0.05) is 0 Å². The van der Waals surface area contributed by atoms with Crippen molar-refractivity contribution < 1.29 is 9.15 Å². The van der Waals surface area contributed by atoms with E-state index >= 15 is 0 Å². The van der Waals surface area contributed by atoms with E-state index in [4.69, 9.17) is 9.15 Å². The number of nitrogens with zero attached hydrogens (tertiary/aromatic N) is 4. The molecule has 0 bridgehead atoms. The van der Waals surface area contributed by atoms with Crippen LogP contribution in [0.25, 0.3) is 0 Å². The van der Waals surface area contributed by atoms with Gasteiger partial charge in [-0.3, -0.25) is 0 Å². The topological polar surface area (TPSA) is 86.0 Å². The number of ether oxygens (including phenoxy) is 1. The molecule has 0 aliphatic heterocycles. The zero-order valence-corrected chi connectivity index (χ0v) is 13.0. The third-order valence-electron chi connectivity index (χ3n) is 4.09. The maximum Gasteiger partial charge on any atom is 0.220 e. The fourth-order valence-corrected chi connectivity index (χ4v) is 3.02. The van der Waals surface area contributed by atoms with E-state index < -0.39 is 0 Å². The highest BCUT2D eigenvalue weighted by atomic mass is 16.5. The summed E-state index contributed by atoms with van der Waals surface area (Å²) in [4.78, 5) is 8.17. The van der Waals surface area contributed by atoms with Crippen LogP contribution in [0.15, 0.2) is 16.9 Å². The molecule has 2 aromatic rings. The second-order valence-corrected chi connectivity index (χ2v) is 5.73. The maximum atomic E-state index is 5.46. The fraction of sp³-hybridized carbons (Fsp3) is 0.600. The molecule has 0 spiro atoms. The van der Waals surface area contributed by atoms with Crippen molar-refractivity contribution in [3.63, 3.8) is 0 Å². The molecule has 0 amide bonds. The SMILES string of the molecule is COc1ncncc1CN[C@H]1CC[C@@H](Cc2nnc(C)o2)C1. The van der Waals surface area contributed by atoms with Gasteiger partial charge in [-0.25, -0.2) is 9.97 Å². The summed E-state index contributed by atoms with van der Waals surface area (Å²) in [5.74, 6) is 2.63. The molecular weight excluding hydrogens is 282 g/mol. The minimum Gasteiger partial charge on any atom is -0.481 e. The van der Waals surface area contributed by atoms with Crippen LogP contribution in [0.2, 0.25) is 0 Å². The molecule has 0 unspecified atom stereocenters. The van der Waals surface area contributed by atoms with Gasteiger partial charge in [0.25, 0.3) is 0 Å². The van der Waals surface area contributed by atoms with Gasteiger partial charge in [0.05, 0.1) is 7.11 Å². The Kier molecular flexibility index (Phi) is 4.62. The minimum atomic E-state index is 0.499. The van der Waals surface area contributed by atoms with Crippen molar-refractivity contribution in [2.75, 3.05) is 7.11 Å². The lowest BCUT2D eigenvalue weighted by Gasteiger charge is -2.13. The lowest BCUT2D eigenvalue weighted by atomic mass is 10.0. The van der Waals surface area contributed by atoms with E-state index in [9.17, 15) is 0 Å². The van der Waals surface area contributed by atoms with Gasteiger partial charge in [0.1, 0.15) is 6.33 Å². The molecule has 2 aromatic heterocycles. The van der Waals surface area contributed by atoms with Crippen LogP contribution in [0.3, 0.4) is 0 Å². The van der Waals surface area contributed by atoms with E-state index in [2.05, 4.69) is 25.5 Å². The number of aromatic nitrogens is 4. The van der Waals surface area contributed by atoms with E-state index in [-0.39, 0.29) is 0 Å². The van der Waals surface area contributed by atoms with Crippen molar-refractivity contribution in [3.05, 3.63) is 29.9 Å². The van der Waals surface area contributed by atoms with Gasteiger partial charge < -0.3 is 14.5 Å². The number of hydrogen-bond donors (Lipinski definition) is 1. The molecular formula is C15H21N5O2. The molecule has 1 aliphatic carbocycles. The first-order valence-corrected chi connectivity index (χ1v) is 7.60. The molecule has 22 heavy (non-hydrogen) atoms. The number of nitrogens with one attached hydrogen (secondary N) is 1. The zero-order chi connectivity index (χ0) is 15.4. The van der Waals surface area contributed by atoms with Crippen molar-refractivity contribution in [3.8, 4) is 5.88 Å². The van der Waals surface area contributed by atoms with Crippen LogP contribution in [0, 0.1) is 12.8 Å². The highest BCUT2D eigenvalue weighted by molar-refractivity contribution is 5.21. The largest absolute Gasteiger partial charge is 0.481 e. The molecule has 1 saturated carbocycles. The van der Waals surface area contributed by atoms with Crippen molar-refractivity contribution in [1.29, 1.82) is 0 Å². The molecule has 2 atom stereocenters. The van der Waals surface area contributed by atoms with Crippen LogP contribution in [-0.4, -0.2) is 33.3 Å². The third-order valence-corrected chi connectivity index (χ3v) is 4.09. The molecule has 7 heteroatoms. The smallest absolute Gasteiger partial charge is 0.220 e. The number of hydrogen-bond acceptors (Lipinski definition) is 7. The first-order chi connectivity index (χ1) is 10.7. The molecule has 0 radical (unpaired) electrons. The lowest BCUT2D eigenvalue weighted by Crippen LogP contribution is -2.26. The first kappa shape index (κ1) is 14.9. The van der Waals surface area contributed by atoms with E-state index in [1.807, 2.05) is 6.92 Å². The van der Waals surface area contributed by atoms with Crippen LogP contribution in [0.1, 0.15) is 36.6 Å². The number of rotatable bonds is 6. The molecule has 1 aliphatic rings. The summed E-state index contributed by atoms with van der Waals surface area (Å²) >= 11 is 0. The molecule has 3 rings (SSSR count). The lowest BCUT2D eigenvalue weighted by molar-refractivity contribution is 0.385. The summed E-state index contributed by atoms with van der Waals surface area (Å²) < 4.78 is 10.7. The van der Waals surface area contributed by atoms with Crippen molar-refractivity contribution >= 4 is 0 Å². The van der Waals surface area contributed by atoms with Gasteiger partial charge >= 0.3 is 0 Å². The van der Waals surface area contributed by atoms with Crippen LogP contribution >= 0.6 is 0 Å². The standard InChI is InChI=1S/C15H21N5O2/c1-10-19-20-14(22-10)6-11-3-4-13(5-11)17-8-12-7-16-9-18-15(12)21-2/h7,9,11,13,17H,3-6,8H2,1-2H3/t11-,13+/m1/s1. The Morgan fingerprint density at radius 3 is 3.05 bits per heavy atom. The normalized spacial score (nSPS) is 21.2. The average molecular weight is 303 g/mol. The molecule has 0 saturated heterocycles. The Hall–Kier alpha value is -2.02. The summed E-state index contributed by atoms with van der Waals surface area (Å²) in [6, 6.07) is 0.499. The number of aryl methyl sites for hydroxylation is 1. The number of methoxy groups -OCH3 is 1. The zero-order valence-electron chi connectivity index (χ0n) is 13.0. The second-order valence-electron chi connectivity index (χ2n) is 5.73. The van der Waals surface area contributed by atoms with Gasteiger partial charge in [0.2, 0.25) is 17.7 Å². The van der Waals surface area contributed by atoms with Crippen LogP contribution < -0.4 is 10.1 Å². The van der Waals surface area contributed by atoms with Crippen LogP contribution in [0.5, 0.6) is 5.88 Å². The van der Waals surface area contributed by atoms with Gasteiger partial charge in [-0.05, 0) is 25.2 Å². The Bertz CT molecular complexity index is 615. The van der Waals surface area contributed by atoms with E-state index in [1.165, 1.54) is 12.7 Å². The minimum absolute atomic E-state index is 0.499. The molecule has 1 N–H and O–H groups in total. The quantitative estimate of drug-likeness (QED) is 0.868. The van der Waals surface area contributed by atoms with Gasteiger partial charge in [0, 0.05) is 37.7 Å². The van der Waals surface area contributed by atoms with Crippen molar-refractivity contribution in [2.24, 2.45) is 5.92 Å². The second kappa shape index (κ2) is 6.83. The predicted octanol–water partition coefficient (Wildman–Crippen LogP) is 1.68. The summed E-state index contributed by atoms with van der Waals surface area (Å²) in [5, 5.41) is 11.5. The summed E-state index contributed by atoms with van der Waals surface area (Å²) in [6.45, 7) is 2.55. The maximum absolute atomic E-state index is 5.46. The molecule has 7 nitrogen and oxygen atoms in total. The van der Waals surface area contributed by atoms with Crippen molar-refractivity contribution in [1.82, 2.24) is 25.5 Å². The summed E-state index contributed by atoms with van der Waals surface area (Å²) in [7, 11) is 1.63. The molecule has 2 heterocycles. The Balaban J connectivity index is 1.48. The van der Waals surface area contributed by atoms with E-state index in [0.717, 1.165) is 37.3 Å². The van der Waals surface area contributed by atoms with Gasteiger partial charge in [0.15, 0.2) is 0 Å². The van der Waals surface area contributed by atoms with Crippen LogP contribution in [-0.2, 0) is 13.0 Å². The van der Waals surface area contributed by atoms with Gasteiger partial charge in [-0.15, -0.1) is 10.2 Å².